The Hall–Kier alpha value is -3.22. The van der Waals surface area contributed by atoms with Crippen molar-refractivity contribution in [3.63, 3.8) is 0 Å². The Morgan fingerprint density at radius 1 is 1.11 bits per heavy atom. The van der Waals surface area contributed by atoms with Crippen LogP contribution in [0.4, 0.5) is 10.1 Å². The van der Waals surface area contributed by atoms with Crippen molar-refractivity contribution in [2.24, 2.45) is 5.92 Å². The van der Waals surface area contributed by atoms with Crippen LogP contribution in [0.25, 0.3) is 0 Å². The van der Waals surface area contributed by atoms with Crippen molar-refractivity contribution in [2.75, 3.05) is 18.4 Å². The van der Waals surface area contributed by atoms with Crippen LogP contribution in [-0.2, 0) is 9.59 Å². The second-order valence-electron chi connectivity index (χ2n) is 6.55. The van der Waals surface area contributed by atoms with Gasteiger partial charge in [-0.25, -0.2) is 4.39 Å². The molecule has 0 aromatic heterocycles. The number of likely N-dealkylation sites (tertiary alicyclic amines) is 1. The van der Waals surface area contributed by atoms with E-state index in [0.29, 0.717) is 0 Å². The number of nitrogens with zero attached hydrogens (tertiary/aromatic N) is 1. The number of carbonyl (C=O) groups excluding carboxylic acids is 2. The van der Waals surface area contributed by atoms with E-state index < -0.39 is 29.5 Å². The van der Waals surface area contributed by atoms with Gasteiger partial charge in [-0.2, -0.15) is 0 Å². The average Bonchev–Trinajstić information content (AvgIpc) is 3.09. The molecule has 27 heavy (non-hydrogen) atoms. The number of benzene rings is 2. The topological polar surface area (TPSA) is 86.7 Å². The summed E-state index contributed by atoms with van der Waals surface area (Å²) in [6, 6.07) is 12.9. The number of aliphatic carboxylic acids is 1. The van der Waals surface area contributed by atoms with Crippen LogP contribution in [0.2, 0.25) is 0 Å². The maximum absolute atomic E-state index is 13.8. The predicted octanol–water partition coefficient (Wildman–Crippen LogP) is 2.72. The fourth-order valence-electron chi connectivity index (χ4n) is 3.38. The van der Waals surface area contributed by atoms with Gasteiger partial charge in [-0.1, -0.05) is 30.3 Å². The first kappa shape index (κ1) is 18.6. The van der Waals surface area contributed by atoms with Gasteiger partial charge in [0.15, 0.2) is 0 Å². The van der Waals surface area contributed by atoms with Gasteiger partial charge in [0.1, 0.15) is 5.82 Å². The fourth-order valence-corrected chi connectivity index (χ4v) is 3.38. The molecule has 0 bridgehead atoms. The number of carboxylic acids is 1. The minimum atomic E-state index is -0.961. The van der Waals surface area contributed by atoms with Crippen LogP contribution in [-0.4, -0.2) is 40.9 Å². The molecule has 1 heterocycles. The van der Waals surface area contributed by atoms with Crippen molar-refractivity contribution in [1.82, 2.24) is 4.90 Å². The molecule has 2 aromatic carbocycles. The van der Waals surface area contributed by atoms with Crippen LogP contribution in [0.5, 0.6) is 0 Å². The third-order valence-electron chi connectivity index (χ3n) is 4.68. The van der Waals surface area contributed by atoms with Crippen molar-refractivity contribution in [1.29, 1.82) is 0 Å². The van der Waals surface area contributed by atoms with Gasteiger partial charge in [0.05, 0.1) is 11.6 Å². The molecule has 2 aromatic rings. The lowest BCUT2D eigenvalue weighted by Gasteiger charge is -2.17. The Balaban J connectivity index is 1.85. The number of hydrogen-bond donors (Lipinski definition) is 2. The summed E-state index contributed by atoms with van der Waals surface area (Å²) in [7, 11) is 0. The van der Waals surface area contributed by atoms with Crippen molar-refractivity contribution in [3.05, 3.63) is 65.5 Å². The molecule has 0 aliphatic carbocycles. The molecular formula is C20H19FN2O4. The molecule has 0 radical (unpaired) electrons. The Bertz CT molecular complexity index is 885. The minimum Gasteiger partial charge on any atom is -0.481 e. The maximum Gasteiger partial charge on any atom is 0.308 e. The van der Waals surface area contributed by atoms with Gasteiger partial charge in [0.25, 0.3) is 5.91 Å². The van der Waals surface area contributed by atoms with Crippen molar-refractivity contribution < 1.29 is 23.9 Å². The number of carbonyl (C=O) groups is 3. The lowest BCUT2D eigenvalue weighted by molar-refractivity contribution is -0.141. The molecule has 7 heteroatoms. The zero-order valence-corrected chi connectivity index (χ0v) is 14.7. The Kier molecular flexibility index (Phi) is 5.21. The summed E-state index contributed by atoms with van der Waals surface area (Å²) in [5.41, 5.74) is 0.971. The number of halogens is 1. The summed E-state index contributed by atoms with van der Waals surface area (Å²) >= 11 is 0. The van der Waals surface area contributed by atoms with Crippen LogP contribution in [0.1, 0.15) is 28.8 Å². The number of carboxylic acid groups (broad SMARTS) is 1. The quantitative estimate of drug-likeness (QED) is 0.866. The van der Waals surface area contributed by atoms with Crippen LogP contribution < -0.4 is 5.32 Å². The second-order valence-corrected chi connectivity index (χ2v) is 6.55. The van der Waals surface area contributed by atoms with Gasteiger partial charge in [0, 0.05) is 31.5 Å². The van der Waals surface area contributed by atoms with Crippen molar-refractivity contribution in [3.8, 4) is 0 Å². The predicted molar refractivity (Wildman–Crippen MR) is 96.9 cm³/mol. The largest absolute Gasteiger partial charge is 0.481 e. The summed E-state index contributed by atoms with van der Waals surface area (Å²) in [6.07, 6.45) is 0. The van der Waals surface area contributed by atoms with E-state index in [9.17, 15) is 23.9 Å². The van der Waals surface area contributed by atoms with Gasteiger partial charge in [-0.3, -0.25) is 14.4 Å². The zero-order valence-electron chi connectivity index (χ0n) is 14.7. The first-order valence-electron chi connectivity index (χ1n) is 8.51. The third-order valence-corrected chi connectivity index (χ3v) is 4.68. The fraction of sp³-hybridized carbons (Fsp3) is 0.250. The molecule has 2 atom stereocenters. The molecule has 0 saturated carbocycles. The average molecular weight is 370 g/mol. The molecule has 1 aliphatic heterocycles. The summed E-state index contributed by atoms with van der Waals surface area (Å²) < 4.78 is 13.8. The van der Waals surface area contributed by atoms with E-state index in [0.717, 1.165) is 11.6 Å². The minimum absolute atomic E-state index is 0.0700. The van der Waals surface area contributed by atoms with E-state index in [2.05, 4.69) is 5.32 Å². The molecule has 2 amide bonds. The molecular weight excluding hydrogens is 351 g/mol. The SMILES string of the molecule is CC(=O)Nc1cc(C(=O)N2C[C@H](C(=O)O)[C@H](c3ccccc3)C2)ccc1F. The molecule has 6 nitrogen and oxygen atoms in total. The van der Waals surface area contributed by atoms with Crippen LogP contribution in [0.15, 0.2) is 48.5 Å². The van der Waals surface area contributed by atoms with Gasteiger partial charge in [-0.15, -0.1) is 0 Å². The van der Waals surface area contributed by atoms with Gasteiger partial charge in [-0.05, 0) is 23.8 Å². The van der Waals surface area contributed by atoms with Crippen LogP contribution in [0, 0.1) is 11.7 Å². The smallest absolute Gasteiger partial charge is 0.308 e. The maximum atomic E-state index is 13.8. The molecule has 2 N–H and O–H groups in total. The van der Waals surface area contributed by atoms with E-state index in [4.69, 9.17) is 0 Å². The number of anilines is 1. The van der Waals surface area contributed by atoms with Crippen molar-refractivity contribution in [2.45, 2.75) is 12.8 Å². The highest BCUT2D eigenvalue weighted by Gasteiger charge is 2.40. The molecule has 0 spiro atoms. The molecule has 3 rings (SSSR count). The lowest BCUT2D eigenvalue weighted by atomic mass is 9.89. The second kappa shape index (κ2) is 7.57. The van der Waals surface area contributed by atoms with E-state index in [1.165, 1.54) is 24.0 Å². The zero-order chi connectivity index (χ0) is 19.6. The Morgan fingerprint density at radius 2 is 1.81 bits per heavy atom. The first-order valence-corrected chi connectivity index (χ1v) is 8.51. The monoisotopic (exact) mass is 370 g/mol. The van der Waals surface area contributed by atoms with Gasteiger partial charge < -0.3 is 15.3 Å². The van der Waals surface area contributed by atoms with E-state index >= 15 is 0 Å². The van der Waals surface area contributed by atoms with Crippen LogP contribution in [0.3, 0.4) is 0 Å². The highest BCUT2D eigenvalue weighted by atomic mass is 19.1. The summed E-state index contributed by atoms with van der Waals surface area (Å²) in [4.78, 5) is 37.2. The number of rotatable bonds is 4. The summed E-state index contributed by atoms with van der Waals surface area (Å²) in [5, 5.41) is 11.9. The third kappa shape index (κ3) is 3.97. The van der Waals surface area contributed by atoms with Gasteiger partial charge >= 0.3 is 5.97 Å². The lowest BCUT2D eigenvalue weighted by Crippen LogP contribution is -2.30. The number of hydrogen-bond acceptors (Lipinski definition) is 3. The van der Waals surface area contributed by atoms with E-state index in [1.54, 1.807) is 0 Å². The highest BCUT2D eigenvalue weighted by molar-refractivity contribution is 5.97. The van der Waals surface area contributed by atoms with Gasteiger partial charge in [0.2, 0.25) is 5.91 Å². The molecule has 0 unspecified atom stereocenters. The first-order chi connectivity index (χ1) is 12.9. The summed E-state index contributed by atoms with van der Waals surface area (Å²) in [5.74, 6) is -3.48. The van der Waals surface area contributed by atoms with E-state index in [-0.39, 0.29) is 30.3 Å². The van der Waals surface area contributed by atoms with E-state index in [1.807, 2.05) is 30.3 Å². The highest BCUT2D eigenvalue weighted by Crippen LogP contribution is 2.34. The Labute approximate surface area is 155 Å². The molecule has 1 fully saturated rings. The molecule has 1 saturated heterocycles. The van der Waals surface area contributed by atoms with Crippen molar-refractivity contribution >= 4 is 23.5 Å². The summed E-state index contributed by atoms with van der Waals surface area (Å²) in [6.45, 7) is 1.57. The molecule has 140 valence electrons. The number of nitrogens with one attached hydrogen (secondary N) is 1. The normalized spacial score (nSPS) is 19.0. The number of amides is 2. The van der Waals surface area contributed by atoms with Crippen LogP contribution >= 0.6 is 0 Å². The Morgan fingerprint density at radius 3 is 2.44 bits per heavy atom. The standard InChI is InChI=1S/C20H19FN2O4/c1-12(24)22-18-9-14(7-8-17(18)21)19(25)23-10-15(16(11-23)20(26)27)13-5-3-2-4-6-13/h2-9,15-16H,10-11H2,1H3,(H,22,24)(H,26,27)/t15-,16-/m0/s1. The molecule has 1 aliphatic rings.